The van der Waals surface area contributed by atoms with Crippen molar-refractivity contribution >= 4 is 11.6 Å². The van der Waals surface area contributed by atoms with Crippen LogP contribution in [0.15, 0.2) is 30.5 Å². The van der Waals surface area contributed by atoms with Crippen LogP contribution in [-0.4, -0.2) is 28.8 Å². The molecule has 1 unspecified atom stereocenters. The first-order valence-corrected chi connectivity index (χ1v) is 9.67. The molecule has 2 N–H and O–H groups in total. The number of rotatable bonds is 5. The van der Waals surface area contributed by atoms with Crippen molar-refractivity contribution < 1.29 is 4.79 Å². The van der Waals surface area contributed by atoms with Crippen LogP contribution in [-0.2, 0) is 0 Å². The van der Waals surface area contributed by atoms with Gasteiger partial charge in [0.05, 0.1) is 6.04 Å². The van der Waals surface area contributed by atoms with Crippen LogP contribution in [0.1, 0.15) is 80.0 Å². The maximum Gasteiger partial charge on any atom is 0.276 e. The largest absolute Gasteiger partial charge is 0.320 e. The van der Waals surface area contributed by atoms with E-state index in [9.17, 15) is 4.79 Å². The lowest BCUT2D eigenvalue weighted by Crippen LogP contribution is -2.32. The molecule has 0 aliphatic carbocycles. The monoisotopic (exact) mass is 354 g/mol. The molecule has 0 spiro atoms. The van der Waals surface area contributed by atoms with Gasteiger partial charge in [0.15, 0.2) is 5.69 Å². The Labute approximate surface area is 156 Å². The molecular weight excluding hydrogens is 324 g/mol. The molecule has 5 nitrogen and oxygen atoms in total. The second-order valence-corrected chi connectivity index (χ2v) is 7.76. The lowest BCUT2D eigenvalue weighted by atomic mass is 9.92. The first-order chi connectivity index (χ1) is 12.5. The van der Waals surface area contributed by atoms with Gasteiger partial charge in [0.2, 0.25) is 0 Å². The highest BCUT2D eigenvalue weighted by Gasteiger charge is 2.20. The molecule has 1 fully saturated rings. The molecule has 3 rings (SSSR count). The van der Waals surface area contributed by atoms with E-state index in [1.54, 1.807) is 0 Å². The van der Waals surface area contributed by atoms with Gasteiger partial charge in [0.1, 0.15) is 0 Å². The Bertz CT molecular complexity index is 731. The molecule has 0 bridgehead atoms. The van der Waals surface area contributed by atoms with E-state index in [1.165, 1.54) is 11.1 Å². The van der Waals surface area contributed by atoms with Gasteiger partial charge < -0.3 is 10.6 Å². The highest BCUT2D eigenvalue weighted by atomic mass is 16.2. The molecule has 1 amide bonds. The molecule has 2 aromatic rings. The van der Waals surface area contributed by atoms with E-state index in [2.05, 4.69) is 61.6 Å². The Kier molecular flexibility index (Phi) is 5.77. The molecular formula is C21H30N4O. The Balaban J connectivity index is 1.83. The molecule has 0 saturated carbocycles. The first-order valence-electron chi connectivity index (χ1n) is 9.67. The minimum Gasteiger partial charge on any atom is -0.320 e. The van der Waals surface area contributed by atoms with Crippen LogP contribution in [0.2, 0.25) is 0 Å². The van der Waals surface area contributed by atoms with Gasteiger partial charge in [-0.3, -0.25) is 9.48 Å². The fourth-order valence-corrected chi connectivity index (χ4v) is 3.59. The smallest absolute Gasteiger partial charge is 0.276 e. The number of hydrogen-bond acceptors (Lipinski definition) is 3. The van der Waals surface area contributed by atoms with E-state index in [0.717, 1.165) is 31.6 Å². The average molecular weight is 354 g/mol. The van der Waals surface area contributed by atoms with Gasteiger partial charge >= 0.3 is 0 Å². The summed E-state index contributed by atoms with van der Waals surface area (Å²) in [7, 11) is 0. The van der Waals surface area contributed by atoms with Gasteiger partial charge in [-0.25, -0.2) is 0 Å². The number of hydrogen-bond donors (Lipinski definition) is 2. The van der Waals surface area contributed by atoms with Crippen LogP contribution in [0.25, 0.3) is 0 Å². The SMILES string of the molecule is CC(C)c1cccc(C(C)C)c1NC(=O)c1ccn(C2CCCNC2)n1. The van der Waals surface area contributed by atoms with Crippen LogP contribution in [0.4, 0.5) is 5.69 Å². The lowest BCUT2D eigenvalue weighted by molar-refractivity contribution is 0.102. The second-order valence-electron chi connectivity index (χ2n) is 7.76. The minimum atomic E-state index is -0.137. The summed E-state index contributed by atoms with van der Waals surface area (Å²) >= 11 is 0. The number of benzene rings is 1. The third-order valence-electron chi connectivity index (χ3n) is 5.10. The molecule has 1 aliphatic rings. The molecule has 26 heavy (non-hydrogen) atoms. The second kappa shape index (κ2) is 8.04. The average Bonchev–Trinajstić information content (AvgIpc) is 3.12. The molecule has 1 aromatic carbocycles. The van der Waals surface area contributed by atoms with Crippen LogP contribution in [0.3, 0.4) is 0 Å². The number of nitrogens with one attached hydrogen (secondary N) is 2. The zero-order chi connectivity index (χ0) is 18.7. The molecule has 1 aromatic heterocycles. The fraction of sp³-hybridized carbons (Fsp3) is 0.524. The predicted octanol–water partition coefficient (Wildman–Crippen LogP) is 4.31. The molecule has 2 heterocycles. The maximum atomic E-state index is 12.9. The van der Waals surface area contributed by atoms with Crippen molar-refractivity contribution in [2.75, 3.05) is 18.4 Å². The summed E-state index contributed by atoms with van der Waals surface area (Å²) in [6.07, 6.45) is 4.17. The zero-order valence-corrected chi connectivity index (χ0v) is 16.2. The van der Waals surface area contributed by atoms with E-state index in [0.29, 0.717) is 23.6 Å². The summed E-state index contributed by atoms with van der Waals surface area (Å²) in [5.74, 6) is 0.548. The van der Waals surface area contributed by atoms with Gasteiger partial charge in [0.25, 0.3) is 5.91 Å². The van der Waals surface area contributed by atoms with Gasteiger partial charge in [0, 0.05) is 18.4 Å². The van der Waals surface area contributed by atoms with E-state index < -0.39 is 0 Å². The van der Waals surface area contributed by atoms with Crippen molar-refractivity contribution in [3.63, 3.8) is 0 Å². The minimum absolute atomic E-state index is 0.137. The van der Waals surface area contributed by atoms with Gasteiger partial charge in [-0.2, -0.15) is 5.10 Å². The number of para-hydroxylation sites is 1. The van der Waals surface area contributed by atoms with Gasteiger partial charge in [-0.05, 0) is 48.4 Å². The van der Waals surface area contributed by atoms with Crippen LogP contribution < -0.4 is 10.6 Å². The van der Waals surface area contributed by atoms with E-state index >= 15 is 0 Å². The Morgan fingerprint density at radius 3 is 2.46 bits per heavy atom. The number of aromatic nitrogens is 2. The molecule has 140 valence electrons. The zero-order valence-electron chi connectivity index (χ0n) is 16.2. The molecule has 1 atom stereocenters. The predicted molar refractivity (Wildman–Crippen MR) is 106 cm³/mol. The molecule has 5 heteroatoms. The Morgan fingerprint density at radius 2 is 1.88 bits per heavy atom. The van der Waals surface area contributed by atoms with Crippen molar-refractivity contribution in [3.05, 3.63) is 47.3 Å². The highest BCUT2D eigenvalue weighted by Crippen LogP contribution is 2.32. The number of carbonyl (C=O) groups is 1. The summed E-state index contributed by atoms with van der Waals surface area (Å²) < 4.78 is 1.93. The van der Waals surface area contributed by atoms with Crippen molar-refractivity contribution in [3.8, 4) is 0 Å². The van der Waals surface area contributed by atoms with Crippen LogP contribution >= 0.6 is 0 Å². The highest BCUT2D eigenvalue weighted by molar-refractivity contribution is 6.03. The van der Waals surface area contributed by atoms with Crippen molar-refractivity contribution in [1.29, 1.82) is 0 Å². The number of amides is 1. The van der Waals surface area contributed by atoms with Crippen LogP contribution in [0.5, 0.6) is 0 Å². The topological polar surface area (TPSA) is 59.0 Å². The van der Waals surface area contributed by atoms with Crippen LogP contribution in [0, 0.1) is 0 Å². The first kappa shape index (κ1) is 18.6. The summed E-state index contributed by atoms with van der Waals surface area (Å²) in [6.45, 7) is 10.6. The van der Waals surface area contributed by atoms with Crippen molar-refractivity contribution in [2.45, 2.75) is 58.4 Å². The third kappa shape index (κ3) is 3.98. The molecule has 0 radical (unpaired) electrons. The fourth-order valence-electron chi connectivity index (χ4n) is 3.59. The summed E-state index contributed by atoms with van der Waals surface area (Å²) in [5.41, 5.74) is 3.75. The standard InChI is InChI=1S/C21H30N4O/c1-14(2)17-8-5-9-18(15(3)4)20(17)23-21(26)19-10-12-25(24-19)16-7-6-11-22-13-16/h5,8-10,12,14-16,22H,6-7,11,13H2,1-4H3,(H,23,26). The Hall–Kier alpha value is -2.14. The Morgan fingerprint density at radius 1 is 1.19 bits per heavy atom. The van der Waals surface area contributed by atoms with Gasteiger partial charge in [-0.1, -0.05) is 45.9 Å². The number of nitrogens with zero attached hydrogens (tertiary/aromatic N) is 2. The van der Waals surface area contributed by atoms with Gasteiger partial charge in [-0.15, -0.1) is 0 Å². The molecule has 1 aliphatic heterocycles. The number of piperidine rings is 1. The van der Waals surface area contributed by atoms with Crippen molar-refractivity contribution in [1.82, 2.24) is 15.1 Å². The summed E-state index contributed by atoms with van der Waals surface area (Å²) in [4.78, 5) is 12.9. The quantitative estimate of drug-likeness (QED) is 0.841. The van der Waals surface area contributed by atoms with E-state index in [-0.39, 0.29) is 5.91 Å². The summed E-state index contributed by atoms with van der Waals surface area (Å²) in [5, 5.41) is 11.1. The normalized spacial score (nSPS) is 17.7. The van der Waals surface area contributed by atoms with Crippen molar-refractivity contribution in [2.24, 2.45) is 0 Å². The lowest BCUT2D eigenvalue weighted by Gasteiger charge is -2.23. The molecule has 1 saturated heterocycles. The maximum absolute atomic E-state index is 12.9. The van der Waals surface area contributed by atoms with E-state index in [4.69, 9.17) is 0 Å². The summed E-state index contributed by atoms with van der Waals surface area (Å²) in [6, 6.07) is 8.42. The number of carbonyl (C=O) groups excluding carboxylic acids is 1. The third-order valence-corrected chi connectivity index (χ3v) is 5.10. The van der Waals surface area contributed by atoms with E-state index in [1.807, 2.05) is 16.9 Å². The number of anilines is 1.